The first-order chi connectivity index (χ1) is 8.66. The van der Waals surface area contributed by atoms with Crippen LogP contribution in [-0.2, 0) is 0 Å². The third-order valence-corrected chi connectivity index (χ3v) is 4.02. The second-order valence-electron chi connectivity index (χ2n) is 4.56. The quantitative estimate of drug-likeness (QED) is 0.808. The highest BCUT2D eigenvalue weighted by molar-refractivity contribution is 5.14. The molecular weight excluding hydrogens is 226 g/mol. The van der Waals surface area contributed by atoms with Crippen molar-refractivity contribution in [2.24, 2.45) is 0 Å². The average Bonchev–Trinajstić information content (AvgIpc) is 2.45. The number of aliphatic hydroxyl groups excluding tert-OH is 1. The predicted molar refractivity (Wildman–Crippen MR) is 73.2 cm³/mol. The molecule has 102 valence electrons. The molecule has 0 amide bonds. The van der Waals surface area contributed by atoms with Crippen molar-refractivity contribution in [2.45, 2.75) is 52.2 Å². The number of hydrogen-bond donors (Lipinski definition) is 1. The second kappa shape index (κ2) is 6.81. The van der Waals surface area contributed by atoms with Gasteiger partial charge >= 0.3 is 0 Å². The zero-order chi connectivity index (χ0) is 13.6. The van der Waals surface area contributed by atoms with Crippen LogP contribution >= 0.6 is 0 Å². The third-order valence-electron chi connectivity index (χ3n) is 4.02. The summed E-state index contributed by atoms with van der Waals surface area (Å²) in [6.07, 6.45) is 6.17. The normalized spacial score (nSPS) is 13.9. The van der Waals surface area contributed by atoms with Gasteiger partial charge in [-0.3, -0.25) is 4.90 Å². The lowest BCUT2D eigenvalue weighted by atomic mass is 9.81. The summed E-state index contributed by atoms with van der Waals surface area (Å²) < 4.78 is 0. The first-order valence-electron chi connectivity index (χ1n) is 6.84. The number of aliphatic hydroxyl groups is 1. The molecule has 0 bridgehead atoms. The Kier molecular flexibility index (Phi) is 5.69. The van der Waals surface area contributed by atoms with E-state index in [9.17, 15) is 5.11 Å². The van der Waals surface area contributed by atoms with Gasteiger partial charge < -0.3 is 5.11 Å². The minimum atomic E-state index is -0.548. The van der Waals surface area contributed by atoms with Gasteiger partial charge in [0.05, 0.1) is 5.54 Å². The maximum atomic E-state index is 10.7. The molecular formula is C14H25N3O. The zero-order valence-corrected chi connectivity index (χ0v) is 11.9. The van der Waals surface area contributed by atoms with Crippen LogP contribution in [0, 0.1) is 0 Å². The predicted octanol–water partition coefficient (Wildman–Crippen LogP) is 2.41. The molecule has 18 heavy (non-hydrogen) atoms. The van der Waals surface area contributed by atoms with E-state index in [0.29, 0.717) is 0 Å². The van der Waals surface area contributed by atoms with Crippen molar-refractivity contribution in [3.05, 3.63) is 24.3 Å². The van der Waals surface area contributed by atoms with Gasteiger partial charge in [-0.25, -0.2) is 9.97 Å². The largest absolute Gasteiger partial charge is 0.386 e. The first-order valence-corrected chi connectivity index (χ1v) is 6.84. The van der Waals surface area contributed by atoms with Gasteiger partial charge in [0.25, 0.3) is 0 Å². The van der Waals surface area contributed by atoms with E-state index in [4.69, 9.17) is 0 Å². The lowest BCUT2D eigenvalue weighted by Crippen LogP contribution is -2.52. The molecule has 0 aromatic carbocycles. The second-order valence-corrected chi connectivity index (χ2v) is 4.56. The molecule has 4 heteroatoms. The standard InChI is InChI=1S/C14H25N3O/c1-5-14(6-2,17(7-3)8-4)13(18)12-9-15-11-16-10-12/h9-11,13,18H,5-8H2,1-4H3. The Bertz CT molecular complexity index is 334. The topological polar surface area (TPSA) is 49.2 Å². The van der Waals surface area contributed by atoms with Crippen molar-refractivity contribution in [3.63, 3.8) is 0 Å². The fourth-order valence-corrected chi connectivity index (χ4v) is 2.87. The summed E-state index contributed by atoms with van der Waals surface area (Å²) >= 11 is 0. The smallest absolute Gasteiger partial charge is 0.115 e. The maximum Gasteiger partial charge on any atom is 0.115 e. The van der Waals surface area contributed by atoms with E-state index in [-0.39, 0.29) is 5.54 Å². The molecule has 0 aliphatic carbocycles. The Hall–Kier alpha value is -1.00. The van der Waals surface area contributed by atoms with Gasteiger partial charge in [-0.15, -0.1) is 0 Å². The molecule has 0 radical (unpaired) electrons. The summed E-state index contributed by atoms with van der Waals surface area (Å²) in [7, 11) is 0. The summed E-state index contributed by atoms with van der Waals surface area (Å²) in [6.45, 7) is 10.4. The van der Waals surface area contributed by atoms with E-state index in [1.165, 1.54) is 6.33 Å². The van der Waals surface area contributed by atoms with Crippen molar-refractivity contribution in [1.29, 1.82) is 0 Å². The highest BCUT2D eigenvalue weighted by Crippen LogP contribution is 2.36. The van der Waals surface area contributed by atoms with E-state index >= 15 is 0 Å². The van der Waals surface area contributed by atoms with Crippen molar-refractivity contribution in [1.82, 2.24) is 14.9 Å². The van der Waals surface area contributed by atoms with Crippen LogP contribution in [0.3, 0.4) is 0 Å². The minimum Gasteiger partial charge on any atom is -0.386 e. The summed E-state index contributed by atoms with van der Waals surface area (Å²) in [5, 5.41) is 10.7. The van der Waals surface area contributed by atoms with Gasteiger partial charge in [0.15, 0.2) is 0 Å². The van der Waals surface area contributed by atoms with Gasteiger partial charge in [-0.05, 0) is 25.9 Å². The number of nitrogens with zero attached hydrogens (tertiary/aromatic N) is 3. The van der Waals surface area contributed by atoms with E-state index in [2.05, 4.69) is 42.6 Å². The van der Waals surface area contributed by atoms with E-state index in [1.807, 2.05) is 0 Å². The molecule has 0 spiro atoms. The molecule has 1 N–H and O–H groups in total. The van der Waals surface area contributed by atoms with Crippen molar-refractivity contribution >= 4 is 0 Å². The van der Waals surface area contributed by atoms with Crippen LogP contribution in [0.2, 0.25) is 0 Å². The highest BCUT2D eigenvalue weighted by Gasteiger charge is 2.39. The van der Waals surface area contributed by atoms with E-state index in [0.717, 1.165) is 31.5 Å². The summed E-state index contributed by atoms with van der Waals surface area (Å²) in [5.41, 5.74) is 0.571. The van der Waals surface area contributed by atoms with Crippen LogP contribution in [0.1, 0.15) is 52.2 Å². The van der Waals surface area contributed by atoms with Gasteiger partial charge in [0.1, 0.15) is 12.4 Å². The number of rotatable bonds is 7. The lowest BCUT2D eigenvalue weighted by molar-refractivity contribution is -0.0369. The third kappa shape index (κ3) is 2.70. The van der Waals surface area contributed by atoms with Crippen molar-refractivity contribution < 1.29 is 5.11 Å². The Balaban J connectivity index is 3.11. The molecule has 1 aromatic heterocycles. The molecule has 1 aromatic rings. The Morgan fingerprint density at radius 1 is 1.11 bits per heavy atom. The van der Waals surface area contributed by atoms with E-state index < -0.39 is 6.10 Å². The Morgan fingerprint density at radius 2 is 1.61 bits per heavy atom. The van der Waals surface area contributed by atoms with Crippen molar-refractivity contribution in [3.8, 4) is 0 Å². The van der Waals surface area contributed by atoms with Crippen LogP contribution in [0.4, 0.5) is 0 Å². The SMILES string of the molecule is CCN(CC)C(CC)(CC)C(O)c1cncnc1. The number of aromatic nitrogens is 2. The summed E-state index contributed by atoms with van der Waals surface area (Å²) in [4.78, 5) is 10.4. The van der Waals surface area contributed by atoms with Crippen LogP contribution in [-0.4, -0.2) is 38.6 Å². The summed E-state index contributed by atoms with van der Waals surface area (Å²) in [5.74, 6) is 0. The van der Waals surface area contributed by atoms with Crippen LogP contribution in [0.25, 0.3) is 0 Å². The van der Waals surface area contributed by atoms with Crippen LogP contribution in [0.15, 0.2) is 18.7 Å². The van der Waals surface area contributed by atoms with Crippen LogP contribution in [0.5, 0.6) is 0 Å². The number of likely N-dealkylation sites (N-methyl/N-ethyl adjacent to an activating group) is 1. The molecule has 0 aliphatic heterocycles. The minimum absolute atomic E-state index is 0.228. The van der Waals surface area contributed by atoms with E-state index in [1.54, 1.807) is 12.4 Å². The molecule has 4 nitrogen and oxygen atoms in total. The molecule has 1 rings (SSSR count). The lowest BCUT2D eigenvalue weighted by Gasteiger charge is -2.45. The Labute approximate surface area is 110 Å². The van der Waals surface area contributed by atoms with Gasteiger partial charge in [-0.2, -0.15) is 0 Å². The summed E-state index contributed by atoms with van der Waals surface area (Å²) in [6, 6.07) is 0. The fraction of sp³-hybridized carbons (Fsp3) is 0.714. The monoisotopic (exact) mass is 251 g/mol. The van der Waals surface area contributed by atoms with Crippen molar-refractivity contribution in [2.75, 3.05) is 13.1 Å². The molecule has 0 saturated heterocycles. The first kappa shape index (κ1) is 15.1. The molecule has 1 unspecified atom stereocenters. The Morgan fingerprint density at radius 3 is 2.00 bits per heavy atom. The molecule has 0 aliphatic rings. The molecule has 0 fully saturated rings. The molecule has 1 heterocycles. The average molecular weight is 251 g/mol. The highest BCUT2D eigenvalue weighted by atomic mass is 16.3. The molecule has 1 atom stereocenters. The zero-order valence-electron chi connectivity index (χ0n) is 11.9. The van der Waals surface area contributed by atoms with Gasteiger partial charge in [-0.1, -0.05) is 27.7 Å². The maximum absolute atomic E-state index is 10.7. The van der Waals surface area contributed by atoms with Crippen LogP contribution < -0.4 is 0 Å². The van der Waals surface area contributed by atoms with Gasteiger partial charge in [0.2, 0.25) is 0 Å². The number of hydrogen-bond acceptors (Lipinski definition) is 4. The van der Waals surface area contributed by atoms with Gasteiger partial charge in [0, 0.05) is 18.0 Å². The molecule has 0 saturated carbocycles. The fourth-order valence-electron chi connectivity index (χ4n) is 2.87.